The number of hydrogen-bond acceptors (Lipinski definition) is 6. The number of rotatable bonds is 4. The summed E-state index contributed by atoms with van der Waals surface area (Å²) in [4.78, 5) is 16.5. The Labute approximate surface area is 141 Å². The molecule has 0 unspecified atom stereocenters. The Kier molecular flexibility index (Phi) is 4.90. The van der Waals surface area contributed by atoms with Crippen LogP contribution in [0, 0.1) is 0 Å². The van der Waals surface area contributed by atoms with E-state index in [-0.39, 0.29) is 5.91 Å². The number of carbonyl (C=O) groups is 1. The Morgan fingerprint density at radius 1 is 1.08 bits per heavy atom. The Balaban J connectivity index is 1.68. The molecule has 7 nitrogen and oxygen atoms in total. The number of nitrogens with zero attached hydrogens (tertiary/aromatic N) is 4. The second-order valence-corrected chi connectivity index (χ2v) is 5.72. The van der Waals surface area contributed by atoms with Crippen molar-refractivity contribution in [2.24, 2.45) is 0 Å². The van der Waals surface area contributed by atoms with Crippen LogP contribution in [0.4, 0.5) is 11.5 Å². The number of benzene rings is 1. The molecule has 1 saturated heterocycles. The molecule has 0 saturated carbocycles. The predicted molar refractivity (Wildman–Crippen MR) is 91.7 cm³/mol. The van der Waals surface area contributed by atoms with Crippen LogP contribution in [-0.2, 0) is 0 Å². The highest BCUT2D eigenvalue weighted by atomic mass is 16.5. The first-order valence-electron chi connectivity index (χ1n) is 7.89. The van der Waals surface area contributed by atoms with Gasteiger partial charge in [-0.25, -0.2) is 0 Å². The number of ether oxygens (including phenoxy) is 1. The van der Waals surface area contributed by atoms with Crippen molar-refractivity contribution in [2.45, 2.75) is 0 Å². The van der Waals surface area contributed by atoms with Crippen molar-refractivity contribution in [2.75, 3.05) is 45.7 Å². The van der Waals surface area contributed by atoms with Crippen LogP contribution < -0.4 is 10.1 Å². The molecule has 0 bridgehead atoms. The van der Waals surface area contributed by atoms with Crippen molar-refractivity contribution in [3.63, 3.8) is 0 Å². The summed E-state index contributed by atoms with van der Waals surface area (Å²) in [6, 6.07) is 11.0. The topological polar surface area (TPSA) is 70.6 Å². The first-order chi connectivity index (χ1) is 11.7. The number of hydrogen-bond donors (Lipinski definition) is 1. The molecular formula is C17H21N5O2. The Morgan fingerprint density at radius 2 is 1.83 bits per heavy atom. The van der Waals surface area contributed by atoms with Gasteiger partial charge in [-0.2, -0.15) is 0 Å². The molecule has 2 aromatic rings. The highest BCUT2D eigenvalue weighted by molar-refractivity contribution is 5.92. The number of aromatic nitrogens is 2. The zero-order chi connectivity index (χ0) is 16.9. The highest BCUT2D eigenvalue weighted by Crippen LogP contribution is 2.25. The molecule has 0 atom stereocenters. The van der Waals surface area contributed by atoms with Gasteiger partial charge in [-0.1, -0.05) is 12.1 Å². The van der Waals surface area contributed by atoms with Gasteiger partial charge in [0, 0.05) is 26.2 Å². The van der Waals surface area contributed by atoms with Crippen molar-refractivity contribution < 1.29 is 9.53 Å². The maximum Gasteiger partial charge on any atom is 0.274 e. The van der Waals surface area contributed by atoms with Crippen molar-refractivity contribution >= 4 is 17.4 Å². The second-order valence-electron chi connectivity index (χ2n) is 5.72. The van der Waals surface area contributed by atoms with Crippen LogP contribution in [0.25, 0.3) is 0 Å². The fourth-order valence-electron chi connectivity index (χ4n) is 2.57. The van der Waals surface area contributed by atoms with Crippen LogP contribution in [0.3, 0.4) is 0 Å². The molecule has 1 fully saturated rings. The van der Waals surface area contributed by atoms with Gasteiger partial charge in [-0.3, -0.25) is 4.79 Å². The molecule has 1 amide bonds. The van der Waals surface area contributed by atoms with Crippen molar-refractivity contribution in [1.82, 2.24) is 20.0 Å². The van der Waals surface area contributed by atoms with Crippen molar-refractivity contribution in [3.8, 4) is 5.75 Å². The summed E-state index contributed by atoms with van der Waals surface area (Å²) in [6.45, 7) is 3.20. The van der Waals surface area contributed by atoms with Gasteiger partial charge in [0.25, 0.3) is 5.91 Å². The van der Waals surface area contributed by atoms with E-state index in [1.165, 1.54) is 0 Å². The van der Waals surface area contributed by atoms with Crippen LogP contribution in [0.2, 0.25) is 0 Å². The largest absolute Gasteiger partial charge is 0.495 e. The number of amides is 1. The average molecular weight is 327 g/mol. The third-order valence-electron chi connectivity index (χ3n) is 4.04. The Morgan fingerprint density at radius 3 is 2.50 bits per heavy atom. The van der Waals surface area contributed by atoms with E-state index in [4.69, 9.17) is 4.74 Å². The van der Waals surface area contributed by atoms with Gasteiger partial charge in [-0.05, 0) is 31.3 Å². The molecule has 24 heavy (non-hydrogen) atoms. The molecule has 1 N–H and O–H groups in total. The monoisotopic (exact) mass is 327 g/mol. The maximum absolute atomic E-state index is 12.4. The molecule has 1 aliphatic heterocycles. The molecule has 1 aliphatic rings. The van der Waals surface area contributed by atoms with Gasteiger partial charge in [0.05, 0.1) is 12.8 Å². The standard InChI is InChI=1S/C17H21N5O2/c1-21-9-11-22(12-10-21)17(23)14-7-8-16(20-19-14)18-13-5-3-4-6-15(13)24-2/h3-8H,9-12H2,1-2H3,(H,18,20). The summed E-state index contributed by atoms with van der Waals surface area (Å²) >= 11 is 0. The third kappa shape index (κ3) is 3.62. The molecule has 1 aromatic heterocycles. The van der Waals surface area contributed by atoms with Crippen LogP contribution in [0.5, 0.6) is 5.75 Å². The molecular weight excluding hydrogens is 306 g/mol. The SMILES string of the molecule is COc1ccccc1Nc1ccc(C(=O)N2CCN(C)CC2)nn1. The summed E-state index contributed by atoms with van der Waals surface area (Å²) in [6.07, 6.45) is 0. The maximum atomic E-state index is 12.4. The second kappa shape index (κ2) is 7.27. The number of para-hydroxylation sites is 2. The minimum atomic E-state index is -0.0700. The van der Waals surface area contributed by atoms with Gasteiger partial charge in [-0.15, -0.1) is 10.2 Å². The molecule has 0 aliphatic carbocycles. The van der Waals surface area contributed by atoms with Gasteiger partial charge in [0.1, 0.15) is 5.75 Å². The number of carbonyl (C=O) groups excluding carboxylic acids is 1. The summed E-state index contributed by atoms with van der Waals surface area (Å²) in [7, 11) is 3.67. The van der Waals surface area contributed by atoms with E-state index in [0.717, 1.165) is 37.6 Å². The number of methoxy groups -OCH3 is 1. The van der Waals surface area contributed by atoms with E-state index in [1.54, 1.807) is 19.2 Å². The Hall–Kier alpha value is -2.67. The van der Waals surface area contributed by atoms with Gasteiger partial charge in [0.15, 0.2) is 11.5 Å². The lowest BCUT2D eigenvalue weighted by Crippen LogP contribution is -2.47. The first kappa shape index (κ1) is 16.2. The molecule has 0 spiro atoms. The summed E-state index contributed by atoms with van der Waals surface area (Å²) < 4.78 is 5.29. The summed E-state index contributed by atoms with van der Waals surface area (Å²) in [5.74, 6) is 1.21. The van der Waals surface area contributed by atoms with Crippen LogP contribution in [0.1, 0.15) is 10.5 Å². The number of anilines is 2. The van der Waals surface area contributed by atoms with Crippen LogP contribution >= 0.6 is 0 Å². The van der Waals surface area contributed by atoms with Crippen LogP contribution in [0.15, 0.2) is 36.4 Å². The lowest BCUT2D eigenvalue weighted by atomic mass is 10.2. The van der Waals surface area contributed by atoms with E-state index in [0.29, 0.717) is 11.5 Å². The first-order valence-corrected chi connectivity index (χ1v) is 7.89. The summed E-state index contributed by atoms with van der Waals surface area (Å²) in [5, 5.41) is 11.3. The number of likely N-dealkylation sites (N-methyl/N-ethyl adjacent to an activating group) is 1. The lowest BCUT2D eigenvalue weighted by molar-refractivity contribution is 0.0657. The minimum absolute atomic E-state index is 0.0700. The fraction of sp³-hybridized carbons (Fsp3) is 0.353. The van der Waals surface area contributed by atoms with Gasteiger partial charge >= 0.3 is 0 Å². The van der Waals surface area contributed by atoms with Crippen molar-refractivity contribution in [3.05, 3.63) is 42.1 Å². The lowest BCUT2D eigenvalue weighted by Gasteiger charge is -2.32. The number of piperazine rings is 1. The predicted octanol–water partition coefficient (Wildman–Crippen LogP) is 1.62. The quantitative estimate of drug-likeness (QED) is 0.920. The minimum Gasteiger partial charge on any atom is -0.495 e. The van der Waals surface area contributed by atoms with Gasteiger partial charge in [0.2, 0.25) is 0 Å². The molecule has 7 heteroatoms. The van der Waals surface area contributed by atoms with E-state index < -0.39 is 0 Å². The van der Waals surface area contributed by atoms with Crippen LogP contribution in [-0.4, -0.2) is 66.2 Å². The molecule has 1 aromatic carbocycles. The van der Waals surface area contributed by atoms with E-state index in [1.807, 2.05) is 29.2 Å². The van der Waals surface area contributed by atoms with Gasteiger partial charge < -0.3 is 19.9 Å². The van der Waals surface area contributed by atoms with Crippen molar-refractivity contribution in [1.29, 1.82) is 0 Å². The molecule has 2 heterocycles. The molecule has 0 radical (unpaired) electrons. The average Bonchev–Trinajstić information content (AvgIpc) is 2.63. The highest BCUT2D eigenvalue weighted by Gasteiger charge is 2.21. The number of nitrogens with one attached hydrogen (secondary N) is 1. The van der Waals surface area contributed by atoms with E-state index >= 15 is 0 Å². The molecule has 126 valence electrons. The van der Waals surface area contributed by atoms with E-state index in [9.17, 15) is 4.79 Å². The fourth-order valence-corrected chi connectivity index (χ4v) is 2.57. The third-order valence-corrected chi connectivity index (χ3v) is 4.04. The van der Waals surface area contributed by atoms with E-state index in [2.05, 4.69) is 27.5 Å². The summed E-state index contributed by atoms with van der Waals surface area (Å²) in [5.41, 5.74) is 1.16. The molecule has 3 rings (SSSR count). The zero-order valence-electron chi connectivity index (χ0n) is 13.9. The smallest absolute Gasteiger partial charge is 0.274 e. The normalized spacial score (nSPS) is 15.2. The zero-order valence-corrected chi connectivity index (χ0v) is 13.9. The Bertz CT molecular complexity index is 696.